The van der Waals surface area contributed by atoms with Crippen molar-refractivity contribution in [1.82, 2.24) is 0 Å². The number of rotatable bonds is 82. The summed E-state index contributed by atoms with van der Waals surface area (Å²) in [5, 5.41) is 0. The molecule has 0 aliphatic heterocycles. The summed E-state index contributed by atoms with van der Waals surface area (Å²) in [6.45, 7) is 40.2. The Balaban J connectivity index is 2.95. The molecular formula is C99H188N2O4+2. The Hall–Kier alpha value is -2.12. The van der Waals surface area contributed by atoms with Crippen LogP contribution in [-0.4, -0.2) is 86.9 Å². The summed E-state index contributed by atoms with van der Waals surface area (Å²) in [5.74, 6) is 2.17. The van der Waals surface area contributed by atoms with Crippen LogP contribution in [-0.2, 0) is 28.0 Å². The Morgan fingerprint density at radius 1 is 0.257 bits per heavy atom. The smallest absolute Gasteiger partial charge is 0.128 e. The first-order valence-corrected chi connectivity index (χ1v) is 47.9. The van der Waals surface area contributed by atoms with E-state index in [1.165, 1.54) is 430 Å². The van der Waals surface area contributed by atoms with Crippen molar-refractivity contribution in [2.24, 2.45) is 0 Å². The lowest BCUT2D eigenvalue weighted by Crippen LogP contribution is -2.55. The van der Waals surface area contributed by atoms with E-state index in [0.717, 1.165) is 50.6 Å². The van der Waals surface area contributed by atoms with Crippen molar-refractivity contribution in [1.29, 1.82) is 0 Å². The van der Waals surface area contributed by atoms with Gasteiger partial charge >= 0.3 is 0 Å². The van der Waals surface area contributed by atoms with Crippen molar-refractivity contribution in [2.45, 2.75) is 499 Å². The van der Waals surface area contributed by atoms with Crippen LogP contribution in [0.3, 0.4) is 0 Å². The van der Waals surface area contributed by atoms with Crippen LogP contribution in [0.5, 0.6) is 11.5 Å². The molecule has 0 bridgehead atoms. The maximum atomic E-state index is 7.07. The summed E-state index contributed by atoms with van der Waals surface area (Å²) >= 11 is 0. The highest BCUT2D eigenvalue weighted by Gasteiger charge is 2.38. The quantitative estimate of drug-likeness (QED) is 0.0489. The van der Waals surface area contributed by atoms with E-state index < -0.39 is 0 Å². The third-order valence-electron chi connectivity index (χ3n) is 24.9. The fraction of sp³-hybridized carbons (Fsp3) is 0.879. The number of benzene rings is 2. The van der Waals surface area contributed by atoms with Gasteiger partial charge in [0.15, 0.2) is 0 Å². The molecule has 105 heavy (non-hydrogen) atoms. The Bertz CT molecular complexity index is 1960. The molecule has 0 spiro atoms. The molecule has 6 heteroatoms. The van der Waals surface area contributed by atoms with Gasteiger partial charge in [-0.05, 0) is 139 Å². The van der Waals surface area contributed by atoms with Crippen LogP contribution < -0.4 is 9.47 Å². The maximum Gasteiger partial charge on any atom is 0.128 e. The molecule has 0 saturated heterocycles. The zero-order valence-corrected chi connectivity index (χ0v) is 73.6. The molecule has 616 valence electrons. The average molecular weight is 1470 g/mol. The van der Waals surface area contributed by atoms with E-state index in [1.807, 2.05) is 0 Å². The van der Waals surface area contributed by atoms with Gasteiger partial charge in [0.25, 0.3) is 0 Å². The normalized spacial score (nSPS) is 12.8. The van der Waals surface area contributed by atoms with Crippen LogP contribution in [0, 0.1) is 0 Å². The molecule has 0 amide bonds. The highest BCUT2D eigenvalue weighted by molar-refractivity contribution is 5.47. The zero-order valence-electron chi connectivity index (χ0n) is 73.6. The van der Waals surface area contributed by atoms with E-state index >= 15 is 0 Å². The first kappa shape index (κ1) is 99.0. The van der Waals surface area contributed by atoms with E-state index in [1.54, 1.807) is 0 Å². The lowest BCUT2D eigenvalue weighted by atomic mass is 9.77. The summed E-state index contributed by atoms with van der Waals surface area (Å²) in [6.07, 6.45) is 82.1. The topological polar surface area (TPSA) is 36.9 Å². The summed E-state index contributed by atoms with van der Waals surface area (Å²) in [7, 11) is 0. The third kappa shape index (κ3) is 49.1. The Kier molecular flexibility index (Phi) is 65.8. The highest BCUT2D eigenvalue weighted by Crippen LogP contribution is 2.40. The minimum Gasteiger partial charge on any atom is -0.491 e. The lowest BCUT2D eigenvalue weighted by Gasteiger charge is -2.45. The molecule has 2 atom stereocenters. The van der Waals surface area contributed by atoms with Gasteiger partial charge in [0.2, 0.25) is 0 Å². The van der Waals surface area contributed by atoms with E-state index in [-0.39, 0.29) is 5.41 Å². The summed E-state index contributed by atoms with van der Waals surface area (Å²) < 4.78 is 28.8. The molecule has 2 aromatic rings. The second kappa shape index (κ2) is 69.8. The molecular weight excluding hydrogens is 1280 g/mol. The van der Waals surface area contributed by atoms with Gasteiger partial charge in [-0.25, -0.2) is 0 Å². The number of ether oxygens (including phenoxy) is 4. The molecule has 2 rings (SSSR count). The van der Waals surface area contributed by atoms with E-state index in [4.69, 9.17) is 18.9 Å². The van der Waals surface area contributed by atoms with Crippen LogP contribution in [0.15, 0.2) is 36.4 Å². The van der Waals surface area contributed by atoms with Crippen LogP contribution in [0.1, 0.15) is 491 Å². The SMILES string of the molecule is CCCCCCCCCCCC[N+](CCCCCCCCCCCC)(Cc1cc(C(C)(C)c2ccc(OCCOCCC)c(C[N+](CCCCCCCCCCCC)(CCCCCCCCCCCC)C(C)CCCCCCCCCC)c2)ccc1OCCOCCC)C(C)CCCCCCCCCC. The van der Waals surface area contributed by atoms with Crippen LogP contribution >= 0.6 is 0 Å². The van der Waals surface area contributed by atoms with Crippen molar-refractivity contribution in [3.05, 3.63) is 58.7 Å². The van der Waals surface area contributed by atoms with Crippen LogP contribution in [0.25, 0.3) is 0 Å². The highest BCUT2D eigenvalue weighted by atomic mass is 16.5. The largest absolute Gasteiger partial charge is 0.491 e. The second-order valence-corrected chi connectivity index (χ2v) is 34.8. The monoisotopic (exact) mass is 1470 g/mol. The van der Waals surface area contributed by atoms with Crippen molar-refractivity contribution in [3.63, 3.8) is 0 Å². The fourth-order valence-electron chi connectivity index (χ4n) is 17.3. The van der Waals surface area contributed by atoms with E-state index in [9.17, 15) is 0 Å². The average Bonchev–Trinajstić information content (AvgIpc) is 0.775. The molecule has 6 nitrogen and oxygen atoms in total. The minimum absolute atomic E-state index is 0.272. The first-order valence-electron chi connectivity index (χ1n) is 47.9. The molecule has 0 aliphatic carbocycles. The Morgan fingerprint density at radius 2 is 0.476 bits per heavy atom. The van der Waals surface area contributed by atoms with Gasteiger partial charge in [-0.1, -0.05) is 377 Å². The number of nitrogens with zero attached hydrogens (tertiary/aromatic N) is 2. The van der Waals surface area contributed by atoms with Crippen molar-refractivity contribution in [3.8, 4) is 11.5 Å². The predicted molar refractivity (Wildman–Crippen MR) is 466 cm³/mol. The van der Waals surface area contributed by atoms with Gasteiger partial charge in [0.1, 0.15) is 37.8 Å². The number of unbranched alkanes of at least 4 members (excludes halogenated alkanes) is 50. The predicted octanol–water partition coefficient (Wildman–Crippen LogP) is 31.8. The van der Waals surface area contributed by atoms with Gasteiger partial charge in [-0.15, -0.1) is 0 Å². The Morgan fingerprint density at radius 3 is 0.705 bits per heavy atom. The van der Waals surface area contributed by atoms with Gasteiger partial charge in [0, 0.05) is 29.8 Å². The van der Waals surface area contributed by atoms with Crippen molar-refractivity contribution in [2.75, 3.05) is 65.8 Å². The zero-order chi connectivity index (χ0) is 76.1. The molecule has 0 aliphatic rings. The van der Waals surface area contributed by atoms with E-state index in [2.05, 4.69) is 119 Å². The minimum atomic E-state index is -0.272. The second-order valence-electron chi connectivity index (χ2n) is 34.8. The van der Waals surface area contributed by atoms with Crippen LogP contribution in [0.2, 0.25) is 0 Å². The molecule has 0 heterocycles. The fourth-order valence-corrected chi connectivity index (χ4v) is 17.3. The van der Waals surface area contributed by atoms with Gasteiger partial charge in [0.05, 0.1) is 51.5 Å². The molecule has 2 unspecified atom stereocenters. The van der Waals surface area contributed by atoms with E-state index in [0.29, 0.717) is 38.5 Å². The standard InChI is InChI=1S/C99H188N2O4/c1-13-21-27-33-39-45-49-55-61-67-77-100(78-68-62-56-50-46-40-34-28-22-14-2,91(9)71-65-59-53-43-37-31-25-17-5)89-93-87-95(73-75-97(93)104-85-83-102-81-19-7)99(11,12)96-74-76-98(105-86-84-103-82-20-8)94(88-96)90-101(79-69-63-57-51-47-41-35-29-23-15-3,80-70-64-58-52-48-42-36-30-24-16-4)92(10)72-66-60-54-44-38-32-26-18-6/h73-76,87-88,91-92H,13-72,77-86,89-90H2,1-12H3/q+2. The molecule has 0 radical (unpaired) electrons. The van der Waals surface area contributed by atoms with Gasteiger partial charge in [-0.2, -0.15) is 0 Å². The molecule has 0 N–H and O–H groups in total. The number of hydrogen-bond acceptors (Lipinski definition) is 4. The maximum absolute atomic E-state index is 7.07. The number of hydrogen-bond donors (Lipinski definition) is 0. The van der Waals surface area contributed by atoms with Gasteiger partial charge < -0.3 is 27.9 Å². The van der Waals surface area contributed by atoms with Crippen molar-refractivity contribution >= 4 is 0 Å². The van der Waals surface area contributed by atoms with Crippen LogP contribution in [0.4, 0.5) is 0 Å². The van der Waals surface area contributed by atoms with Gasteiger partial charge in [-0.3, -0.25) is 0 Å². The molecule has 0 aromatic heterocycles. The summed E-state index contributed by atoms with van der Waals surface area (Å²) in [5.41, 5.74) is 5.38. The first-order chi connectivity index (χ1) is 51.5. The third-order valence-corrected chi connectivity index (χ3v) is 24.9. The summed E-state index contributed by atoms with van der Waals surface area (Å²) in [4.78, 5) is 0. The van der Waals surface area contributed by atoms with Crippen molar-refractivity contribution < 1.29 is 27.9 Å². The molecule has 2 aromatic carbocycles. The molecule has 0 fully saturated rings. The Labute approximate surface area is 659 Å². The lowest BCUT2D eigenvalue weighted by molar-refractivity contribution is -0.962. The summed E-state index contributed by atoms with van der Waals surface area (Å²) in [6, 6.07) is 16.3. The molecule has 0 saturated carbocycles. The number of quaternary nitrogens is 2.